The van der Waals surface area contributed by atoms with Crippen LogP contribution in [0, 0.1) is 6.92 Å². The number of primary amides is 1. The summed E-state index contributed by atoms with van der Waals surface area (Å²) in [5, 5.41) is 12.0. The molecular formula is C19H20N4O3. The lowest BCUT2D eigenvalue weighted by Crippen LogP contribution is -2.46. The molecule has 0 saturated heterocycles. The maximum Gasteiger partial charge on any atom is 0.240 e. The molecule has 0 bridgehead atoms. The van der Waals surface area contributed by atoms with Gasteiger partial charge in [-0.3, -0.25) is 9.59 Å². The zero-order chi connectivity index (χ0) is 18.7. The number of nitrogens with zero attached hydrogens (tertiary/aromatic N) is 2. The number of benzene rings is 1. The largest absolute Gasteiger partial charge is 0.508 e. The summed E-state index contributed by atoms with van der Waals surface area (Å²) >= 11 is 0. The Morgan fingerprint density at radius 1 is 1.27 bits per heavy atom. The number of phenolic OH excluding ortho intramolecular Hbond substituents is 1. The molecule has 134 valence electrons. The first kappa shape index (κ1) is 17.5. The van der Waals surface area contributed by atoms with Crippen molar-refractivity contribution < 1.29 is 14.7 Å². The van der Waals surface area contributed by atoms with Crippen LogP contribution in [0.1, 0.15) is 16.8 Å². The third-order valence-corrected chi connectivity index (χ3v) is 4.20. The number of phenols is 1. The number of aryl methyl sites for hydroxylation is 1. The Hall–Kier alpha value is -3.35. The van der Waals surface area contributed by atoms with Gasteiger partial charge < -0.3 is 20.6 Å². The van der Waals surface area contributed by atoms with Gasteiger partial charge in [0.15, 0.2) is 0 Å². The predicted octanol–water partition coefficient (Wildman–Crippen LogP) is 1.10. The predicted molar refractivity (Wildman–Crippen MR) is 96.6 cm³/mol. The molecule has 0 fully saturated rings. The number of aromatic hydroxyl groups is 1. The Morgan fingerprint density at radius 3 is 2.69 bits per heavy atom. The number of pyridine rings is 1. The zero-order valence-electron chi connectivity index (χ0n) is 14.3. The van der Waals surface area contributed by atoms with Crippen LogP contribution in [0.4, 0.5) is 0 Å². The van der Waals surface area contributed by atoms with Crippen LogP contribution in [0.15, 0.2) is 48.8 Å². The lowest BCUT2D eigenvalue weighted by Gasteiger charge is -2.15. The van der Waals surface area contributed by atoms with E-state index in [1.54, 1.807) is 18.3 Å². The average Bonchev–Trinajstić information content (AvgIpc) is 3.00. The molecule has 1 aromatic carbocycles. The van der Waals surface area contributed by atoms with Gasteiger partial charge in [0.1, 0.15) is 17.4 Å². The van der Waals surface area contributed by atoms with Crippen molar-refractivity contribution in [2.75, 3.05) is 0 Å². The van der Waals surface area contributed by atoms with Crippen molar-refractivity contribution >= 4 is 17.5 Å². The van der Waals surface area contributed by atoms with Crippen LogP contribution in [0.2, 0.25) is 0 Å². The van der Waals surface area contributed by atoms with Crippen molar-refractivity contribution in [3.05, 3.63) is 65.6 Å². The number of hydrogen-bond acceptors (Lipinski definition) is 4. The van der Waals surface area contributed by atoms with Crippen molar-refractivity contribution in [1.29, 1.82) is 0 Å². The zero-order valence-corrected chi connectivity index (χ0v) is 14.3. The summed E-state index contributed by atoms with van der Waals surface area (Å²) in [5.74, 6) is -0.785. The second kappa shape index (κ2) is 7.26. The number of nitrogens with two attached hydrogens (primary N) is 1. The van der Waals surface area contributed by atoms with Gasteiger partial charge in [-0.2, -0.15) is 0 Å². The van der Waals surface area contributed by atoms with Gasteiger partial charge in [0, 0.05) is 18.8 Å². The SMILES string of the molecule is Cc1cccn2c(CC(=O)NC(Cc3ccc(O)cc3)C(N)=O)cnc12. The Labute approximate surface area is 150 Å². The van der Waals surface area contributed by atoms with Crippen LogP contribution in [-0.4, -0.2) is 32.3 Å². The molecule has 1 atom stereocenters. The first-order valence-corrected chi connectivity index (χ1v) is 8.22. The highest BCUT2D eigenvalue weighted by molar-refractivity contribution is 5.87. The number of hydrogen-bond donors (Lipinski definition) is 3. The molecule has 3 rings (SSSR count). The highest BCUT2D eigenvalue weighted by Gasteiger charge is 2.19. The molecule has 0 saturated carbocycles. The van der Waals surface area contributed by atoms with Crippen molar-refractivity contribution in [2.45, 2.75) is 25.8 Å². The lowest BCUT2D eigenvalue weighted by atomic mass is 10.0. The quantitative estimate of drug-likeness (QED) is 0.617. The van der Waals surface area contributed by atoms with Crippen LogP contribution < -0.4 is 11.1 Å². The van der Waals surface area contributed by atoms with E-state index >= 15 is 0 Å². The Kier molecular flexibility index (Phi) is 4.88. The molecule has 2 aromatic heterocycles. The number of nitrogens with one attached hydrogen (secondary N) is 1. The van der Waals surface area contributed by atoms with Gasteiger partial charge in [-0.05, 0) is 36.2 Å². The topological polar surface area (TPSA) is 110 Å². The van der Waals surface area contributed by atoms with E-state index in [0.717, 1.165) is 22.5 Å². The van der Waals surface area contributed by atoms with Crippen molar-refractivity contribution in [3.63, 3.8) is 0 Å². The van der Waals surface area contributed by atoms with E-state index in [1.807, 2.05) is 29.7 Å². The fourth-order valence-electron chi connectivity index (χ4n) is 2.83. The van der Waals surface area contributed by atoms with E-state index in [9.17, 15) is 14.7 Å². The van der Waals surface area contributed by atoms with E-state index in [-0.39, 0.29) is 24.5 Å². The molecule has 2 heterocycles. The van der Waals surface area contributed by atoms with Gasteiger partial charge in [-0.25, -0.2) is 4.98 Å². The molecule has 0 spiro atoms. The summed E-state index contributed by atoms with van der Waals surface area (Å²) in [6.45, 7) is 1.95. The molecular weight excluding hydrogens is 332 g/mol. The van der Waals surface area contributed by atoms with Crippen molar-refractivity contribution in [3.8, 4) is 5.75 Å². The number of carbonyl (C=O) groups is 2. The van der Waals surface area contributed by atoms with Crippen LogP contribution in [0.5, 0.6) is 5.75 Å². The van der Waals surface area contributed by atoms with E-state index in [4.69, 9.17) is 5.73 Å². The van der Waals surface area contributed by atoms with Gasteiger partial charge in [0.2, 0.25) is 11.8 Å². The van der Waals surface area contributed by atoms with Crippen molar-refractivity contribution in [2.24, 2.45) is 5.73 Å². The summed E-state index contributed by atoms with van der Waals surface area (Å²) in [5.41, 5.74) is 8.76. The highest BCUT2D eigenvalue weighted by atomic mass is 16.3. The van der Waals surface area contributed by atoms with Gasteiger partial charge in [0.05, 0.1) is 12.1 Å². The second-order valence-corrected chi connectivity index (χ2v) is 6.20. The summed E-state index contributed by atoms with van der Waals surface area (Å²) in [6.07, 6.45) is 3.85. The Balaban J connectivity index is 1.70. The minimum Gasteiger partial charge on any atom is -0.508 e. The number of rotatable bonds is 6. The molecule has 1 unspecified atom stereocenters. The number of carbonyl (C=O) groups excluding carboxylic acids is 2. The molecule has 0 aliphatic carbocycles. The minimum absolute atomic E-state index is 0.0873. The number of amides is 2. The Bertz CT molecular complexity index is 947. The number of aromatic nitrogens is 2. The monoisotopic (exact) mass is 352 g/mol. The molecule has 0 aliphatic rings. The van der Waals surface area contributed by atoms with Crippen LogP contribution in [-0.2, 0) is 22.4 Å². The first-order valence-electron chi connectivity index (χ1n) is 8.22. The van der Waals surface area contributed by atoms with Gasteiger partial charge in [0.25, 0.3) is 0 Å². The standard InChI is InChI=1S/C19H20N4O3/c1-12-3-2-8-23-14(11-21-19(12)23)10-17(25)22-16(18(20)26)9-13-4-6-15(24)7-5-13/h2-8,11,16,24H,9-10H2,1H3,(H2,20,26)(H,22,25). The minimum atomic E-state index is -0.826. The van der Waals surface area contributed by atoms with Crippen LogP contribution in [0.25, 0.3) is 5.65 Å². The van der Waals surface area contributed by atoms with Crippen molar-refractivity contribution in [1.82, 2.24) is 14.7 Å². The fraction of sp³-hybridized carbons (Fsp3) is 0.211. The number of imidazole rings is 1. The second-order valence-electron chi connectivity index (χ2n) is 6.20. The molecule has 3 aromatic rings. The van der Waals surface area contributed by atoms with Crippen LogP contribution >= 0.6 is 0 Å². The third kappa shape index (κ3) is 3.83. The first-order chi connectivity index (χ1) is 12.4. The lowest BCUT2D eigenvalue weighted by molar-refractivity contribution is -0.127. The van der Waals surface area contributed by atoms with E-state index in [0.29, 0.717) is 0 Å². The molecule has 4 N–H and O–H groups in total. The summed E-state index contributed by atoms with van der Waals surface area (Å²) in [6, 6.07) is 9.43. The molecule has 0 radical (unpaired) electrons. The fourth-order valence-corrected chi connectivity index (χ4v) is 2.83. The average molecular weight is 352 g/mol. The van der Waals surface area contributed by atoms with Gasteiger partial charge in [-0.15, -0.1) is 0 Å². The molecule has 2 amide bonds. The van der Waals surface area contributed by atoms with Gasteiger partial charge in [-0.1, -0.05) is 18.2 Å². The highest BCUT2D eigenvalue weighted by Crippen LogP contribution is 2.13. The Morgan fingerprint density at radius 2 is 2.00 bits per heavy atom. The molecule has 26 heavy (non-hydrogen) atoms. The van der Waals surface area contributed by atoms with E-state index in [2.05, 4.69) is 10.3 Å². The van der Waals surface area contributed by atoms with Crippen LogP contribution in [0.3, 0.4) is 0 Å². The number of fused-ring (bicyclic) bond motifs is 1. The van der Waals surface area contributed by atoms with Gasteiger partial charge >= 0.3 is 0 Å². The third-order valence-electron chi connectivity index (χ3n) is 4.20. The maximum absolute atomic E-state index is 12.4. The normalized spacial score (nSPS) is 12.0. The summed E-state index contributed by atoms with van der Waals surface area (Å²) in [4.78, 5) is 28.4. The smallest absolute Gasteiger partial charge is 0.240 e. The summed E-state index contributed by atoms with van der Waals surface area (Å²) in [7, 11) is 0. The van der Waals surface area contributed by atoms with E-state index in [1.165, 1.54) is 12.1 Å². The maximum atomic E-state index is 12.4. The molecule has 7 heteroatoms. The molecule has 7 nitrogen and oxygen atoms in total. The summed E-state index contributed by atoms with van der Waals surface area (Å²) < 4.78 is 1.86. The molecule has 0 aliphatic heterocycles. The van der Waals surface area contributed by atoms with E-state index < -0.39 is 11.9 Å².